The molecule has 1 aliphatic carbocycles. The fourth-order valence-electron chi connectivity index (χ4n) is 1.35. The highest BCUT2D eigenvalue weighted by atomic mass is 14.9. The molecule has 3 N–H and O–H groups in total. The molecule has 2 nitrogen and oxygen atoms in total. The van der Waals surface area contributed by atoms with E-state index in [9.17, 15) is 0 Å². The van der Waals surface area contributed by atoms with Crippen LogP contribution < -0.4 is 11.1 Å². The van der Waals surface area contributed by atoms with Crippen LogP contribution in [0.5, 0.6) is 0 Å². The molecule has 2 unspecified atom stereocenters. The normalized spacial score (nSPS) is 30.0. The van der Waals surface area contributed by atoms with Crippen LogP contribution in [0.15, 0.2) is 0 Å². The first-order valence-electron chi connectivity index (χ1n) is 4.49. The summed E-state index contributed by atoms with van der Waals surface area (Å²) in [5.41, 5.74) is 6.08. The first-order valence-corrected chi connectivity index (χ1v) is 4.49. The molecular formula is C9H20N2. The summed E-state index contributed by atoms with van der Waals surface area (Å²) in [6.45, 7) is 8.67. The van der Waals surface area contributed by atoms with Crippen molar-refractivity contribution in [3.63, 3.8) is 0 Å². The molecule has 0 bridgehead atoms. The highest BCUT2D eigenvalue weighted by Gasteiger charge is 2.44. The Morgan fingerprint density at radius 2 is 2.18 bits per heavy atom. The van der Waals surface area contributed by atoms with Crippen molar-refractivity contribution in [2.45, 2.75) is 33.2 Å². The minimum Gasteiger partial charge on any atom is -0.329 e. The summed E-state index contributed by atoms with van der Waals surface area (Å²) in [7, 11) is 0. The molecule has 1 aliphatic rings. The third kappa shape index (κ3) is 2.46. The number of nitrogens with two attached hydrogens (primary N) is 1. The molecule has 2 heteroatoms. The zero-order chi connectivity index (χ0) is 8.48. The van der Waals surface area contributed by atoms with Crippen LogP contribution in [0.25, 0.3) is 0 Å². The maximum absolute atomic E-state index is 5.48. The van der Waals surface area contributed by atoms with Gasteiger partial charge in [0.15, 0.2) is 0 Å². The predicted molar refractivity (Wildman–Crippen MR) is 48.4 cm³/mol. The smallest absolute Gasteiger partial charge is 0.0162 e. The molecule has 1 fully saturated rings. The standard InChI is InChI=1S/C9H20N2/c1-7(5-10)11-6-8-4-9(8,2)3/h7-8,11H,4-6,10H2,1-3H3. The van der Waals surface area contributed by atoms with Crippen molar-refractivity contribution in [3.8, 4) is 0 Å². The highest BCUT2D eigenvalue weighted by molar-refractivity contribution is 4.96. The molecule has 0 aromatic rings. The molecule has 0 saturated heterocycles. The SMILES string of the molecule is CC(CN)NCC1CC1(C)C. The summed E-state index contributed by atoms with van der Waals surface area (Å²) in [5, 5.41) is 3.42. The summed E-state index contributed by atoms with van der Waals surface area (Å²) in [6, 6.07) is 0.478. The van der Waals surface area contributed by atoms with Crippen molar-refractivity contribution in [2.75, 3.05) is 13.1 Å². The Hall–Kier alpha value is -0.0800. The third-order valence-electron chi connectivity index (χ3n) is 2.78. The number of hydrogen-bond donors (Lipinski definition) is 2. The fourth-order valence-corrected chi connectivity index (χ4v) is 1.35. The second-order valence-electron chi connectivity index (χ2n) is 4.43. The van der Waals surface area contributed by atoms with Gasteiger partial charge < -0.3 is 11.1 Å². The monoisotopic (exact) mass is 156 g/mol. The Morgan fingerprint density at radius 1 is 1.64 bits per heavy atom. The Bertz CT molecular complexity index is 132. The number of nitrogens with one attached hydrogen (secondary N) is 1. The van der Waals surface area contributed by atoms with E-state index >= 15 is 0 Å². The van der Waals surface area contributed by atoms with Gasteiger partial charge in [-0.3, -0.25) is 0 Å². The van der Waals surface area contributed by atoms with Crippen LogP contribution in [0.4, 0.5) is 0 Å². The average Bonchev–Trinajstić information content (AvgIpc) is 2.54. The van der Waals surface area contributed by atoms with Crippen molar-refractivity contribution in [3.05, 3.63) is 0 Å². The van der Waals surface area contributed by atoms with Crippen LogP contribution in [-0.4, -0.2) is 19.1 Å². The number of rotatable bonds is 4. The van der Waals surface area contributed by atoms with Crippen LogP contribution >= 0.6 is 0 Å². The summed E-state index contributed by atoms with van der Waals surface area (Å²) in [4.78, 5) is 0. The zero-order valence-electron chi connectivity index (χ0n) is 7.85. The van der Waals surface area contributed by atoms with Gasteiger partial charge in [-0.15, -0.1) is 0 Å². The van der Waals surface area contributed by atoms with Crippen LogP contribution in [0.3, 0.4) is 0 Å². The van der Waals surface area contributed by atoms with Gasteiger partial charge in [-0.2, -0.15) is 0 Å². The van der Waals surface area contributed by atoms with Gasteiger partial charge in [0.25, 0.3) is 0 Å². The molecular weight excluding hydrogens is 136 g/mol. The van der Waals surface area contributed by atoms with Gasteiger partial charge in [0.1, 0.15) is 0 Å². The maximum Gasteiger partial charge on any atom is 0.0162 e. The van der Waals surface area contributed by atoms with Crippen LogP contribution in [0.1, 0.15) is 27.2 Å². The zero-order valence-corrected chi connectivity index (χ0v) is 7.85. The van der Waals surface area contributed by atoms with E-state index in [0.29, 0.717) is 11.5 Å². The number of hydrogen-bond acceptors (Lipinski definition) is 2. The molecule has 0 heterocycles. The molecule has 66 valence electrons. The van der Waals surface area contributed by atoms with Crippen molar-refractivity contribution in [1.29, 1.82) is 0 Å². The van der Waals surface area contributed by atoms with Crippen molar-refractivity contribution >= 4 is 0 Å². The van der Waals surface area contributed by atoms with Crippen molar-refractivity contribution < 1.29 is 0 Å². The molecule has 0 aromatic heterocycles. The second-order valence-corrected chi connectivity index (χ2v) is 4.43. The van der Waals surface area contributed by atoms with Gasteiger partial charge in [0, 0.05) is 12.6 Å². The Morgan fingerprint density at radius 3 is 2.55 bits per heavy atom. The molecule has 1 rings (SSSR count). The van der Waals surface area contributed by atoms with E-state index in [-0.39, 0.29) is 0 Å². The molecule has 11 heavy (non-hydrogen) atoms. The Labute approximate surface area is 69.5 Å². The van der Waals surface area contributed by atoms with Crippen LogP contribution in [0, 0.1) is 11.3 Å². The third-order valence-corrected chi connectivity index (χ3v) is 2.78. The summed E-state index contributed by atoms with van der Waals surface area (Å²) < 4.78 is 0. The minimum atomic E-state index is 0.478. The van der Waals surface area contributed by atoms with Crippen molar-refractivity contribution in [1.82, 2.24) is 5.32 Å². The molecule has 0 radical (unpaired) electrons. The van der Waals surface area contributed by atoms with Gasteiger partial charge in [-0.25, -0.2) is 0 Å². The van der Waals surface area contributed by atoms with Crippen LogP contribution in [-0.2, 0) is 0 Å². The van der Waals surface area contributed by atoms with Gasteiger partial charge in [-0.05, 0) is 31.2 Å². The van der Waals surface area contributed by atoms with E-state index in [2.05, 4.69) is 26.1 Å². The van der Waals surface area contributed by atoms with Gasteiger partial charge >= 0.3 is 0 Å². The molecule has 1 saturated carbocycles. The van der Waals surface area contributed by atoms with E-state index in [4.69, 9.17) is 5.73 Å². The minimum absolute atomic E-state index is 0.478. The lowest BCUT2D eigenvalue weighted by Crippen LogP contribution is -2.34. The quantitative estimate of drug-likeness (QED) is 0.636. The summed E-state index contributed by atoms with van der Waals surface area (Å²) in [5.74, 6) is 0.886. The van der Waals surface area contributed by atoms with E-state index in [1.807, 2.05) is 0 Å². The van der Waals surface area contributed by atoms with E-state index in [1.54, 1.807) is 0 Å². The molecule has 0 amide bonds. The van der Waals surface area contributed by atoms with Gasteiger partial charge in [0.05, 0.1) is 0 Å². The first kappa shape index (κ1) is 9.01. The molecule has 0 spiro atoms. The van der Waals surface area contributed by atoms with Gasteiger partial charge in [-0.1, -0.05) is 13.8 Å². The van der Waals surface area contributed by atoms with E-state index in [1.165, 1.54) is 6.42 Å². The lowest BCUT2D eigenvalue weighted by atomic mass is 10.1. The molecule has 0 aliphatic heterocycles. The Balaban J connectivity index is 2.06. The lowest BCUT2D eigenvalue weighted by molar-refractivity contribution is 0.480. The molecule has 2 atom stereocenters. The fraction of sp³-hybridized carbons (Fsp3) is 1.00. The van der Waals surface area contributed by atoms with E-state index in [0.717, 1.165) is 19.0 Å². The average molecular weight is 156 g/mol. The lowest BCUT2D eigenvalue weighted by Gasteiger charge is -2.11. The van der Waals surface area contributed by atoms with Crippen LogP contribution in [0.2, 0.25) is 0 Å². The first-order chi connectivity index (χ1) is 5.06. The summed E-state index contributed by atoms with van der Waals surface area (Å²) in [6.07, 6.45) is 1.37. The summed E-state index contributed by atoms with van der Waals surface area (Å²) >= 11 is 0. The molecule has 0 aromatic carbocycles. The Kier molecular flexibility index (Phi) is 2.55. The maximum atomic E-state index is 5.48. The highest BCUT2D eigenvalue weighted by Crippen LogP contribution is 2.50. The largest absolute Gasteiger partial charge is 0.329 e. The van der Waals surface area contributed by atoms with Crippen molar-refractivity contribution in [2.24, 2.45) is 17.1 Å². The topological polar surface area (TPSA) is 38.0 Å². The van der Waals surface area contributed by atoms with E-state index < -0.39 is 0 Å². The van der Waals surface area contributed by atoms with Gasteiger partial charge in [0.2, 0.25) is 0 Å². The second kappa shape index (κ2) is 3.11. The predicted octanol–water partition coefficient (Wildman–Crippen LogP) is 0.969.